The fourth-order valence-electron chi connectivity index (χ4n) is 6.52. The van der Waals surface area contributed by atoms with Gasteiger partial charge in [0, 0.05) is 45.0 Å². The zero-order valence-electron chi connectivity index (χ0n) is 24.6. The third-order valence-electron chi connectivity index (χ3n) is 8.89. The summed E-state index contributed by atoms with van der Waals surface area (Å²) in [7, 11) is 0. The Kier molecular flexibility index (Phi) is 6.55. The number of benzene rings is 4. The van der Waals surface area contributed by atoms with Crippen LogP contribution in [0.4, 0.5) is 0 Å². The monoisotopic (exact) mass is 544 g/mol. The van der Waals surface area contributed by atoms with E-state index in [4.69, 9.17) is 0 Å². The molecule has 0 amide bonds. The minimum absolute atomic E-state index is 0.131. The fourth-order valence-corrected chi connectivity index (χ4v) is 6.52. The van der Waals surface area contributed by atoms with Gasteiger partial charge in [0.15, 0.2) is 0 Å². The summed E-state index contributed by atoms with van der Waals surface area (Å²) >= 11 is 0. The highest BCUT2D eigenvalue weighted by molar-refractivity contribution is 5.91. The van der Waals surface area contributed by atoms with Gasteiger partial charge in [0.25, 0.3) is 0 Å². The molecule has 6 aromatic rings. The summed E-state index contributed by atoms with van der Waals surface area (Å²) in [6, 6.07) is 35.7. The van der Waals surface area contributed by atoms with Crippen molar-refractivity contribution in [2.24, 2.45) is 0 Å². The molecule has 1 aliphatic carbocycles. The van der Waals surface area contributed by atoms with Crippen LogP contribution in [0.25, 0.3) is 45.3 Å². The van der Waals surface area contributed by atoms with E-state index in [2.05, 4.69) is 163 Å². The summed E-state index contributed by atoms with van der Waals surface area (Å²) in [5, 5.41) is 2.63. The van der Waals surface area contributed by atoms with E-state index in [1.165, 1.54) is 61.1 Å². The highest BCUT2D eigenvalue weighted by Gasteiger charge is 2.24. The van der Waals surface area contributed by atoms with Crippen LogP contribution in [0, 0.1) is 0 Å². The van der Waals surface area contributed by atoms with Gasteiger partial charge < -0.3 is 9.13 Å². The summed E-state index contributed by atoms with van der Waals surface area (Å²) in [5.74, 6) is 0. The quantitative estimate of drug-likeness (QED) is 0.185. The molecule has 0 fully saturated rings. The van der Waals surface area contributed by atoms with Gasteiger partial charge in [-0.05, 0) is 78.9 Å². The molecule has 42 heavy (non-hydrogen) atoms. The molecule has 0 radical (unpaired) electrons. The molecule has 2 heteroatoms. The van der Waals surface area contributed by atoms with Crippen LogP contribution in [0.1, 0.15) is 55.1 Å². The molecule has 0 spiro atoms. The Morgan fingerprint density at radius 3 is 2.05 bits per heavy atom. The molecule has 0 aliphatic heterocycles. The number of aromatic nitrogens is 2. The number of hydrogen-bond donors (Lipinski definition) is 0. The number of nitrogens with zero attached hydrogens (tertiary/aromatic N) is 2. The molecule has 0 saturated carbocycles. The average Bonchev–Trinajstić information content (AvgIpc) is 3.57. The lowest BCUT2D eigenvalue weighted by Gasteiger charge is -2.27. The first-order valence-corrected chi connectivity index (χ1v) is 15.0. The van der Waals surface area contributed by atoms with Crippen LogP contribution in [0.3, 0.4) is 0 Å². The van der Waals surface area contributed by atoms with E-state index in [1.807, 2.05) is 6.92 Å². The Morgan fingerprint density at radius 2 is 1.33 bits per heavy atom. The Labute approximate surface area is 248 Å². The molecule has 4 aromatic carbocycles. The maximum absolute atomic E-state index is 2.43. The largest absolute Gasteiger partial charge is 0.316 e. The van der Waals surface area contributed by atoms with Crippen LogP contribution in [0.5, 0.6) is 0 Å². The third kappa shape index (κ3) is 4.35. The van der Waals surface area contributed by atoms with E-state index in [9.17, 15) is 0 Å². The molecular weight excluding hydrogens is 508 g/mol. The zero-order valence-corrected chi connectivity index (χ0v) is 24.6. The van der Waals surface area contributed by atoms with E-state index in [0.29, 0.717) is 0 Å². The third-order valence-corrected chi connectivity index (χ3v) is 8.89. The van der Waals surface area contributed by atoms with E-state index in [0.717, 1.165) is 12.8 Å². The Morgan fingerprint density at radius 1 is 0.690 bits per heavy atom. The predicted molar refractivity (Wildman–Crippen MR) is 180 cm³/mol. The summed E-state index contributed by atoms with van der Waals surface area (Å²) in [6.45, 7) is 6.68. The van der Waals surface area contributed by atoms with Gasteiger partial charge in [-0.2, -0.15) is 0 Å². The normalized spacial score (nSPS) is 13.6. The van der Waals surface area contributed by atoms with Gasteiger partial charge in [-0.3, -0.25) is 0 Å². The molecule has 206 valence electrons. The molecular formula is C40H36N2. The van der Waals surface area contributed by atoms with Crippen molar-refractivity contribution in [3.05, 3.63) is 156 Å². The SMILES string of the molecule is C/C=C\C=C/c1cn(-c2ccc(C(C)(C)c3ccc(-n4c5c(c6ccccc64)CCC=C5)cc3)cc2)c2ccccc12. The van der Waals surface area contributed by atoms with Crippen LogP contribution in [-0.2, 0) is 11.8 Å². The minimum Gasteiger partial charge on any atom is -0.316 e. The first-order valence-electron chi connectivity index (χ1n) is 15.0. The summed E-state index contributed by atoms with van der Waals surface area (Å²) in [5.41, 5.74) is 11.4. The van der Waals surface area contributed by atoms with Crippen molar-refractivity contribution in [1.29, 1.82) is 0 Å². The Balaban J connectivity index is 1.21. The number of aryl methyl sites for hydroxylation is 1. The summed E-state index contributed by atoms with van der Waals surface area (Å²) in [6.07, 6.45) is 17.5. The van der Waals surface area contributed by atoms with Gasteiger partial charge in [0.1, 0.15) is 0 Å². The van der Waals surface area contributed by atoms with E-state index in [-0.39, 0.29) is 5.41 Å². The smallest absolute Gasteiger partial charge is 0.0537 e. The highest BCUT2D eigenvalue weighted by Crippen LogP contribution is 2.36. The van der Waals surface area contributed by atoms with Crippen molar-refractivity contribution in [3.63, 3.8) is 0 Å². The molecule has 0 N–H and O–H groups in total. The first kappa shape index (κ1) is 26.1. The molecule has 0 saturated heterocycles. The lowest BCUT2D eigenvalue weighted by atomic mass is 9.78. The van der Waals surface area contributed by atoms with Crippen LogP contribution in [0.2, 0.25) is 0 Å². The number of allylic oxidation sites excluding steroid dienone is 4. The average molecular weight is 545 g/mol. The van der Waals surface area contributed by atoms with Crippen molar-refractivity contribution in [1.82, 2.24) is 9.13 Å². The minimum atomic E-state index is -0.131. The number of rotatable bonds is 6. The Bertz CT molecular complexity index is 1990. The maximum atomic E-state index is 2.43. The van der Waals surface area contributed by atoms with Crippen LogP contribution < -0.4 is 0 Å². The second kappa shape index (κ2) is 10.5. The van der Waals surface area contributed by atoms with E-state index >= 15 is 0 Å². The van der Waals surface area contributed by atoms with E-state index < -0.39 is 0 Å². The topological polar surface area (TPSA) is 9.86 Å². The first-order chi connectivity index (χ1) is 20.6. The van der Waals surface area contributed by atoms with Crippen molar-refractivity contribution in [3.8, 4) is 11.4 Å². The van der Waals surface area contributed by atoms with E-state index in [1.54, 1.807) is 0 Å². The standard InChI is InChI=1S/C40H36N2/c1-4-5-6-13-29-28-41(37-17-10-7-14-34(29)37)32-24-20-30(21-25-32)40(2,3)31-22-26-33(27-23-31)42-38-18-11-8-15-35(38)36-16-9-12-19-39(36)42/h4-8,10-15,17-28H,9,16H2,1-3H3/b5-4-,13-6-. The molecule has 7 rings (SSSR count). The molecule has 0 atom stereocenters. The number of hydrogen-bond acceptors (Lipinski definition) is 0. The van der Waals surface area contributed by atoms with Gasteiger partial charge in [-0.25, -0.2) is 0 Å². The van der Waals surface area contributed by atoms with Crippen LogP contribution in [-0.4, -0.2) is 9.13 Å². The second-order valence-corrected chi connectivity index (χ2v) is 11.7. The lowest BCUT2D eigenvalue weighted by Crippen LogP contribution is -2.19. The summed E-state index contributed by atoms with van der Waals surface area (Å²) < 4.78 is 4.72. The zero-order chi connectivity index (χ0) is 28.7. The van der Waals surface area contributed by atoms with Gasteiger partial charge >= 0.3 is 0 Å². The molecule has 2 aromatic heterocycles. The molecule has 2 nitrogen and oxygen atoms in total. The molecule has 0 unspecified atom stereocenters. The van der Waals surface area contributed by atoms with Crippen LogP contribution >= 0.6 is 0 Å². The van der Waals surface area contributed by atoms with Gasteiger partial charge in [-0.15, -0.1) is 0 Å². The lowest BCUT2D eigenvalue weighted by molar-refractivity contribution is 0.640. The second-order valence-electron chi connectivity index (χ2n) is 11.7. The summed E-state index contributed by atoms with van der Waals surface area (Å²) in [4.78, 5) is 0. The molecule has 1 aliphatic rings. The van der Waals surface area contributed by atoms with Crippen molar-refractivity contribution in [2.75, 3.05) is 0 Å². The number of para-hydroxylation sites is 2. The fraction of sp³-hybridized carbons (Fsp3) is 0.150. The number of fused-ring (bicyclic) bond motifs is 4. The molecule has 2 heterocycles. The maximum Gasteiger partial charge on any atom is 0.0537 e. The van der Waals surface area contributed by atoms with Crippen molar-refractivity contribution in [2.45, 2.75) is 39.0 Å². The molecule has 0 bridgehead atoms. The van der Waals surface area contributed by atoms with Gasteiger partial charge in [-0.1, -0.05) is 105 Å². The van der Waals surface area contributed by atoms with Crippen molar-refractivity contribution >= 4 is 34.0 Å². The van der Waals surface area contributed by atoms with Gasteiger partial charge in [0.2, 0.25) is 0 Å². The Hall–Kier alpha value is -4.82. The predicted octanol–water partition coefficient (Wildman–Crippen LogP) is 10.4. The highest BCUT2D eigenvalue weighted by atomic mass is 15.0. The van der Waals surface area contributed by atoms with Crippen molar-refractivity contribution < 1.29 is 0 Å². The van der Waals surface area contributed by atoms with Gasteiger partial charge in [0.05, 0.1) is 11.0 Å². The van der Waals surface area contributed by atoms with Crippen LogP contribution in [0.15, 0.2) is 128 Å².